The van der Waals surface area contributed by atoms with Gasteiger partial charge in [-0.15, -0.1) is 0 Å². The number of benzene rings is 3. The number of anilines is 1. The van der Waals surface area contributed by atoms with Crippen LogP contribution >= 0.6 is 0 Å². The van der Waals surface area contributed by atoms with Gasteiger partial charge in [0.2, 0.25) is 0 Å². The van der Waals surface area contributed by atoms with E-state index in [0.29, 0.717) is 11.3 Å². The van der Waals surface area contributed by atoms with E-state index in [-0.39, 0.29) is 12.2 Å². The van der Waals surface area contributed by atoms with E-state index in [1.165, 1.54) is 0 Å². The van der Waals surface area contributed by atoms with Gasteiger partial charge in [0.05, 0.1) is 17.5 Å². The fourth-order valence-electron chi connectivity index (χ4n) is 2.36. The molecule has 0 spiro atoms. The average Bonchev–Trinajstić information content (AvgIpc) is 2.68. The highest BCUT2D eigenvalue weighted by atomic mass is 16.5. The summed E-state index contributed by atoms with van der Waals surface area (Å²) in [4.78, 5) is 11.2. The lowest BCUT2D eigenvalue weighted by Crippen LogP contribution is -2.05. The van der Waals surface area contributed by atoms with Gasteiger partial charge in [0, 0.05) is 5.56 Å². The number of nitrogens with one attached hydrogen (secondary N) is 1. The maximum Gasteiger partial charge on any atom is 0.336 e. The molecule has 0 aliphatic rings. The molecule has 0 saturated carbocycles. The molecule has 130 valence electrons. The predicted octanol–water partition coefficient (Wildman–Crippen LogP) is 4.41. The molecule has 0 amide bonds. The Morgan fingerprint density at radius 1 is 0.962 bits per heavy atom. The van der Waals surface area contributed by atoms with Gasteiger partial charge >= 0.3 is 5.97 Å². The Kier molecular flexibility index (Phi) is 5.62. The average molecular weight is 346 g/mol. The van der Waals surface area contributed by atoms with Gasteiger partial charge in [-0.05, 0) is 48.0 Å². The van der Waals surface area contributed by atoms with E-state index in [0.717, 1.165) is 11.3 Å². The molecule has 0 aromatic heterocycles. The summed E-state index contributed by atoms with van der Waals surface area (Å²) in [7, 11) is 0. The summed E-state index contributed by atoms with van der Waals surface area (Å²) in [5, 5.41) is 13.4. The van der Waals surface area contributed by atoms with Crippen molar-refractivity contribution in [2.75, 3.05) is 5.43 Å². The van der Waals surface area contributed by atoms with Gasteiger partial charge in [0.25, 0.3) is 0 Å². The maximum absolute atomic E-state index is 11.2. The van der Waals surface area contributed by atoms with Crippen LogP contribution in [0.15, 0.2) is 84.0 Å². The summed E-state index contributed by atoms with van der Waals surface area (Å²) in [6.45, 7) is 0.200. The van der Waals surface area contributed by atoms with Crippen LogP contribution in [0.25, 0.3) is 0 Å². The Bertz CT molecular complexity index is 891. The summed E-state index contributed by atoms with van der Waals surface area (Å²) >= 11 is 0. The number of hydrogen-bond donors (Lipinski definition) is 2. The van der Waals surface area contributed by atoms with E-state index >= 15 is 0 Å². The summed E-state index contributed by atoms with van der Waals surface area (Å²) in [6, 6.07) is 23.9. The van der Waals surface area contributed by atoms with Crippen molar-refractivity contribution < 1.29 is 14.6 Å². The number of nitrogens with zero attached hydrogens (tertiary/aromatic N) is 1. The SMILES string of the molecule is O=C(O)c1ccccc1COc1ccc(/C=N/Nc2ccccc2)cc1. The molecule has 0 heterocycles. The van der Waals surface area contributed by atoms with Crippen LogP contribution < -0.4 is 10.2 Å². The van der Waals surface area contributed by atoms with E-state index in [1.807, 2.05) is 54.6 Å². The molecule has 3 aromatic rings. The van der Waals surface area contributed by atoms with Gasteiger partial charge in [0.15, 0.2) is 0 Å². The number of hydrogen-bond acceptors (Lipinski definition) is 4. The summed E-state index contributed by atoms with van der Waals surface area (Å²) < 4.78 is 5.69. The zero-order chi connectivity index (χ0) is 18.2. The fourth-order valence-corrected chi connectivity index (χ4v) is 2.36. The number of aromatic carboxylic acids is 1. The van der Waals surface area contributed by atoms with Crippen molar-refractivity contribution >= 4 is 17.9 Å². The minimum atomic E-state index is -0.957. The molecule has 0 atom stereocenters. The second kappa shape index (κ2) is 8.48. The summed E-state index contributed by atoms with van der Waals surface area (Å²) in [6.07, 6.45) is 1.72. The first-order chi connectivity index (χ1) is 12.7. The van der Waals surface area contributed by atoms with Crippen LogP contribution in [0.5, 0.6) is 5.75 Å². The van der Waals surface area contributed by atoms with Gasteiger partial charge in [-0.2, -0.15) is 5.10 Å². The second-order valence-electron chi connectivity index (χ2n) is 5.56. The van der Waals surface area contributed by atoms with Gasteiger partial charge in [-0.1, -0.05) is 36.4 Å². The Morgan fingerprint density at radius 2 is 1.65 bits per heavy atom. The molecule has 0 unspecified atom stereocenters. The first kappa shape index (κ1) is 17.2. The third kappa shape index (κ3) is 4.70. The summed E-state index contributed by atoms with van der Waals surface area (Å²) in [5.74, 6) is -0.292. The third-order valence-electron chi connectivity index (χ3n) is 3.70. The highest BCUT2D eigenvalue weighted by Crippen LogP contribution is 2.16. The smallest absolute Gasteiger partial charge is 0.336 e. The first-order valence-electron chi connectivity index (χ1n) is 8.10. The Balaban J connectivity index is 1.57. The van der Waals surface area contributed by atoms with Crippen LogP contribution in [-0.4, -0.2) is 17.3 Å². The highest BCUT2D eigenvalue weighted by Gasteiger charge is 2.09. The van der Waals surface area contributed by atoms with E-state index in [1.54, 1.807) is 30.5 Å². The van der Waals surface area contributed by atoms with Crippen LogP contribution in [-0.2, 0) is 6.61 Å². The molecule has 0 saturated heterocycles. The van der Waals surface area contributed by atoms with Crippen LogP contribution in [0.1, 0.15) is 21.5 Å². The van der Waals surface area contributed by atoms with Crippen molar-refractivity contribution in [2.45, 2.75) is 6.61 Å². The lowest BCUT2D eigenvalue weighted by atomic mass is 10.1. The summed E-state index contributed by atoms with van der Waals surface area (Å²) in [5.41, 5.74) is 5.68. The van der Waals surface area contributed by atoms with Gasteiger partial charge in [-0.25, -0.2) is 4.79 Å². The van der Waals surface area contributed by atoms with E-state index in [4.69, 9.17) is 4.74 Å². The molecule has 5 nitrogen and oxygen atoms in total. The Morgan fingerprint density at radius 3 is 2.38 bits per heavy atom. The van der Waals surface area contributed by atoms with Crippen molar-refractivity contribution in [3.05, 3.63) is 95.6 Å². The van der Waals surface area contributed by atoms with Crippen LogP contribution in [0.4, 0.5) is 5.69 Å². The van der Waals surface area contributed by atoms with Crippen molar-refractivity contribution in [1.82, 2.24) is 0 Å². The largest absolute Gasteiger partial charge is 0.489 e. The van der Waals surface area contributed by atoms with Crippen molar-refractivity contribution in [3.63, 3.8) is 0 Å². The first-order valence-corrected chi connectivity index (χ1v) is 8.10. The molecular weight excluding hydrogens is 328 g/mol. The van der Waals surface area contributed by atoms with Crippen LogP contribution in [0.2, 0.25) is 0 Å². The van der Waals surface area contributed by atoms with Gasteiger partial charge in [-0.3, -0.25) is 5.43 Å². The normalized spacial score (nSPS) is 10.6. The fraction of sp³-hybridized carbons (Fsp3) is 0.0476. The molecule has 3 rings (SSSR count). The zero-order valence-corrected chi connectivity index (χ0v) is 14.0. The van der Waals surface area contributed by atoms with E-state index in [2.05, 4.69) is 10.5 Å². The number of carboxylic acid groups (broad SMARTS) is 1. The van der Waals surface area contributed by atoms with Crippen molar-refractivity contribution in [2.24, 2.45) is 5.10 Å². The third-order valence-corrected chi connectivity index (χ3v) is 3.70. The Labute approximate surface area is 151 Å². The van der Waals surface area contributed by atoms with E-state index in [9.17, 15) is 9.90 Å². The topological polar surface area (TPSA) is 70.9 Å². The quantitative estimate of drug-likeness (QED) is 0.491. The number of para-hydroxylation sites is 1. The lowest BCUT2D eigenvalue weighted by molar-refractivity contribution is 0.0694. The Hall–Kier alpha value is -3.60. The van der Waals surface area contributed by atoms with Crippen molar-refractivity contribution in [1.29, 1.82) is 0 Å². The number of ether oxygens (including phenoxy) is 1. The molecule has 0 aliphatic carbocycles. The molecule has 3 aromatic carbocycles. The molecule has 0 radical (unpaired) electrons. The molecule has 0 aliphatic heterocycles. The molecular formula is C21H18N2O3. The molecule has 0 fully saturated rings. The lowest BCUT2D eigenvalue weighted by Gasteiger charge is -2.09. The maximum atomic E-state index is 11.2. The minimum absolute atomic E-state index is 0.200. The number of carboxylic acids is 1. The van der Waals surface area contributed by atoms with Crippen LogP contribution in [0.3, 0.4) is 0 Å². The van der Waals surface area contributed by atoms with Crippen molar-refractivity contribution in [3.8, 4) is 5.75 Å². The standard InChI is InChI=1S/C21H18N2O3/c24-21(25)20-9-5-4-6-17(20)15-26-19-12-10-16(11-13-19)14-22-23-18-7-2-1-3-8-18/h1-14,23H,15H2,(H,24,25)/b22-14+. The van der Waals surface area contributed by atoms with E-state index < -0.39 is 5.97 Å². The second-order valence-corrected chi connectivity index (χ2v) is 5.56. The van der Waals surface area contributed by atoms with Gasteiger partial charge < -0.3 is 9.84 Å². The zero-order valence-electron chi connectivity index (χ0n) is 14.0. The predicted molar refractivity (Wildman–Crippen MR) is 102 cm³/mol. The number of rotatable bonds is 7. The molecule has 2 N–H and O–H groups in total. The van der Waals surface area contributed by atoms with Crippen LogP contribution in [0, 0.1) is 0 Å². The minimum Gasteiger partial charge on any atom is -0.489 e. The molecule has 5 heteroatoms. The highest BCUT2D eigenvalue weighted by molar-refractivity contribution is 5.89. The molecule has 0 bridgehead atoms. The number of hydrazone groups is 1. The monoisotopic (exact) mass is 346 g/mol. The molecule has 26 heavy (non-hydrogen) atoms. The number of carbonyl (C=O) groups is 1. The van der Waals surface area contributed by atoms with Gasteiger partial charge in [0.1, 0.15) is 12.4 Å².